The highest BCUT2D eigenvalue weighted by molar-refractivity contribution is 6.00. The molecule has 1 fully saturated rings. The molecule has 1 aromatic rings. The van der Waals surface area contributed by atoms with Crippen LogP contribution in [0.3, 0.4) is 0 Å². The number of hydrogen-bond acceptors (Lipinski definition) is 3. The predicted molar refractivity (Wildman–Crippen MR) is 99.3 cm³/mol. The largest absolute Gasteiger partial charge is 0.329 e. The van der Waals surface area contributed by atoms with Gasteiger partial charge < -0.3 is 15.5 Å². The highest BCUT2D eigenvalue weighted by atomic mass is 16.2. The molecule has 0 aromatic heterocycles. The van der Waals surface area contributed by atoms with E-state index in [4.69, 9.17) is 5.73 Å². The van der Waals surface area contributed by atoms with Crippen LogP contribution in [0.15, 0.2) is 24.3 Å². The third-order valence-electron chi connectivity index (χ3n) is 5.40. The minimum atomic E-state index is -0.588. The van der Waals surface area contributed by atoms with Crippen LogP contribution in [0.2, 0.25) is 0 Å². The number of carbonyl (C=O) groups is 2. The number of aryl methyl sites for hydroxylation is 1. The van der Waals surface area contributed by atoms with E-state index in [1.807, 2.05) is 43.9 Å². The number of carbonyl (C=O) groups excluding carboxylic acids is 2. The number of anilines is 1. The van der Waals surface area contributed by atoms with E-state index < -0.39 is 6.04 Å². The van der Waals surface area contributed by atoms with Gasteiger partial charge in [0.2, 0.25) is 11.8 Å². The lowest BCUT2D eigenvalue weighted by Gasteiger charge is -2.36. The zero-order valence-corrected chi connectivity index (χ0v) is 15.5. The Labute approximate surface area is 150 Å². The summed E-state index contributed by atoms with van der Waals surface area (Å²) in [6, 6.07) is 7.11. The van der Waals surface area contributed by atoms with Crippen LogP contribution in [0, 0.1) is 5.41 Å². The number of amides is 2. The second kappa shape index (κ2) is 6.79. The van der Waals surface area contributed by atoms with Crippen molar-refractivity contribution in [1.82, 2.24) is 4.90 Å². The lowest BCUT2D eigenvalue weighted by molar-refractivity contribution is -0.140. The summed E-state index contributed by atoms with van der Waals surface area (Å²) in [5.41, 5.74) is 8.07. The standard InChI is InChI=1S/C20H29N3O2/c1-20(2,3)17(21)19(25)23-13-7-11-16(23)18(24)22-12-6-9-14-8-4-5-10-15(14)22/h4-5,8,10,16-17H,6-7,9,11-13,21H2,1-3H3/t16-,17+/m0/s1. The van der Waals surface area contributed by atoms with Gasteiger partial charge in [-0.25, -0.2) is 0 Å². The van der Waals surface area contributed by atoms with Crippen LogP contribution in [0.5, 0.6) is 0 Å². The van der Waals surface area contributed by atoms with Crippen LogP contribution in [0.25, 0.3) is 0 Å². The topological polar surface area (TPSA) is 66.6 Å². The molecule has 0 saturated carbocycles. The molecule has 2 heterocycles. The molecule has 2 aliphatic rings. The van der Waals surface area contributed by atoms with Gasteiger partial charge in [0.1, 0.15) is 6.04 Å². The van der Waals surface area contributed by atoms with Gasteiger partial charge in [0.25, 0.3) is 0 Å². The summed E-state index contributed by atoms with van der Waals surface area (Å²) in [5, 5.41) is 0. The summed E-state index contributed by atoms with van der Waals surface area (Å²) in [6.07, 6.45) is 3.54. The molecule has 3 rings (SSSR count). The Morgan fingerprint density at radius 1 is 1.16 bits per heavy atom. The first-order valence-electron chi connectivity index (χ1n) is 9.26. The third-order valence-corrected chi connectivity index (χ3v) is 5.40. The lowest BCUT2D eigenvalue weighted by Crippen LogP contribution is -2.55. The van der Waals surface area contributed by atoms with E-state index in [2.05, 4.69) is 6.07 Å². The summed E-state index contributed by atoms with van der Waals surface area (Å²) < 4.78 is 0. The van der Waals surface area contributed by atoms with Crippen molar-refractivity contribution in [2.75, 3.05) is 18.0 Å². The lowest BCUT2D eigenvalue weighted by atomic mass is 9.86. The molecule has 1 saturated heterocycles. The van der Waals surface area contributed by atoms with Crippen LogP contribution in [0.4, 0.5) is 5.69 Å². The van der Waals surface area contributed by atoms with E-state index in [0.717, 1.165) is 37.9 Å². The number of hydrogen-bond donors (Lipinski definition) is 1. The van der Waals surface area contributed by atoms with Crippen molar-refractivity contribution in [1.29, 1.82) is 0 Å². The first-order valence-corrected chi connectivity index (χ1v) is 9.26. The highest BCUT2D eigenvalue weighted by Gasteiger charge is 2.41. The summed E-state index contributed by atoms with van der Waals surface area (Å²) in [4.78, 5) is 29.7. The van der Waals surface area contributed by atoms with Crippen molar-refractivity contribution < 1.29 is 9.59 Å². The SMILES string of the molecule is CC(C)(C)[C@H](N)C(=O)N1CCC[C@H]1C(=O)N1CCCc2ccccc21. The highest BCUT2D eigenvalue weighted by Crippen LogP contribution is 2.31. The Bertz CT molecular complexity index is 665. The molecule has 136 valence electrons. The minimum absolute atomic E-state index is 0.0408. The molecule has 0 unspecified atom stereocenters. The van der Waals surface area contributed by atoms with Gasteiger partial charge in [0, 0.05) is 18.8 Å². The van der Waals surface area contributed by atoms with Gasteiger partial charge in [-0.3, -0.25) is 9.59 Å². The maximum atomic E-state index is 13.2. The molecule has 2 aliphatic heterocycles. The minimum Gasteiger partial charge on any atom is -0.329 e. The first-order chi connectivity index (χ1) is 11.8. The molecule has 2 amide bonds. The fraction of sp³-hybridized carbons (Fsp3) is 0.600. The van der Waals surface area contributed by atoms with Crippen LogP contribution in [-0.4, -0.2) is 41.9 Å². The zero-order valence-electron chi connectivity index (χ0n) is 15.5. The maximum Gasteiger partial charge on any atom is 0.249 e. The fourth-order valence-corrected chi connectivity index (χ4v) is 3.78. The van der Waals surface area contributed by atoms with Crippen LogP contribution >= 0.6 is 0 Å². The van der Waals surface area contributed by atoms with Gasteiger partial charge >= 0.3 is 0 Å². The molecule has 5 nitrogen and oxygen atoms in total. The number of nitrogens with zero attached hydrogens (tertiary/aromatic N) is 2. The Morgan fingerprint density at radius 3 is 2.60 bits per heavy atom. The predicted octanol–water partition coefficient (Wildman–Crippen LogP) is 2.33. The molecule has 2 atom stereocenters. The van der Waals surface area contributed by atoms with E-state index >= 15 is 0 Å². The van der Waals surface area contributed by atoms with Gasteiger partial charge in [-0.05, 0) is 42.7 Å². The molecular formula is C20H29N3O2. The average molecular weight is 343 g/mol. The van der Waals surface area contributed by atoms with Crippen molar-refractivity contribution >= 4 is 17.5 Å². The van der Waals surface area contributed by atoms with Crippen LogP contribution < -0.4 is 10.6 Å². The van der Waals surface area contributed by atoms with Gasteiger partial charge in [-0.2, -0.15) is 0 Å². The molecule has 0 spiro atoms. The van der Waals surface area contributed by atoms with Gasteiger partial charge in [-0.15, -0.1) is 0 Å². The Balaban J connectivity index is 1.82. The molecule has 0 radical (unpaired) electrons. The molecule has 0 bridgehead atoms. The summed E-state index contributed by atoms with van der Waals surface area (Å²) >= 11 is 0. The normalized spacial score (nSPS) is 21.8. The van der Waals surface area contributed by atoms with Crippen molar-refractivity contribution in [2.45, 2.75) is 58.5 Å². The summed E-state index contributed by atoms with van der Waals surface area (Å²) in [5.74, 6) is -0.0623. The Kier molecular flexibility index (Phi) is 4.87. The summed E-state index contributed by atoms with van der Waals surface area (Å²) in [6.45, 7) is 7.23. The van der Waals surface area contributed by atoms with Crippen molar-refractivity contribution in [3.63, 3.8) is 0 Å². The van der Waals surface area contributed by atoms with Gasteiger partial charge in [-0.1, -0.05) is 39.0 Å². The molecule has 5 heteroatoms. The van der Waals surface area contributed by atoms with E-state index in [9.17, 15) is 9.59 Å². The van der Waals surface area contributed by atoms with Crippen LogP contribution in [-0.2, 0) is 16.0 Å². The van der Waals surface area contributed by atoms with Crippen molar-refractivity contribution in [3.8, 4) is 0 Å². The fourth-order valence-electron chi connectivity index (χ4n) is 3.78. The number of rotatable bonds is 2. The number of fused-ring (bicyclic) bond motifs is 1. The number of para-hydroxylation sites is 1. The smallest absolute Gasteiger partial charge is 0.249 e. The maximum absolute atomic E-state index is 13.2. The van der Waals surface area contributed by atoms with Gasteiger partial charge in [0.05, 0.1) is 6.04 Å². The molecule has 0 aliphatic carbocycles. The first kappa shape index (κ1) is 17.9. The number of benzene rings is 1. The second-order valence-corrected chi connectivity index (χ2v) is 8.26. The monoisotopic (exact) mass is 343 g/mol. The quantitative estimate of drug-likeness (QED) is 0.896. The van der Waals surface area contributed by atoms with E-state index in [1.54, 1.807) is 4.90 Å². The zero-order chi connectivity index (χ0) is 18.2. The number of nitrogens with two attached hydrogens (primary N) is 1. The van der Waals surface area contributed by atoms with Gasteiger partial charge in [0.15, 0.2) is 0 Å². The van der Waals surface area contributed by atoms with E-state index in [0.29, 0.717) is 6.54 Å². The van der Waals surface area contributed by atoms with Crippen LogP contribution in [0.1, 0.15) is 45.6 Å². The molecule has 25 heavy (non-hydrogen) atoms. The molecule has 2 N–H and O–H groups in total. The Morgan fingerprint density at radius 2 is 1.88 bits per heavy atom. The average Bonchev–Trinajstić information content (AvgIpc) is 3.08. The Hall–Kier alpha value is -1.88. The van der Waals surface area contributed by atoms with Crippen molar-refractivity contribution in [2.24, 2.45) is 11.1 Å². The number of likely N-dealkylation sites (tertiary alicyclic amines) is 1. The molecular weight excluding hydrogens is 314 g/mol. The van der Waals surface area contributed by atoms with E-state index in [1.165, 1.54) is 5.56 Å². The van der Waals surface area contributed by atoms with Crippen molar-refractivity contribution in [3.05, 3.63) is 29.8 Å². The van der Waals surface area contributed by atoms with E-state index in [-0.39, 0.29) is 23.3 Å². The second-order valence-electron chi connectivity index (χ2n) is 8.26. The molecule has 1 aromatic carbocycles. The third kappa shape index (κ3) is 3.43. The summed E-state index contributed by atoms with van der Waals surface area (Å²) in [7, 11) is 0.